The van der Waals surface area contributed by atoms with Gasteiger partial charge >= 0.3 is 53.9 Å². The first-order valence-corrected chi connectivity index (χ1v) is 43.5. The molecule has 17 nitrogen and oxygen atoms in total. The summed E-state index contributed by atoms with van der Waals surface area (Å²) in [6, 6.07) is 71.1. The first kappa shape index (κ1) is 118. The zero-order valence-electron chi connectivity index (χ0n) is 79.1. The monoisotopic (exact) mass is 2050 g/mol. The standard InChI is InChI=1S/4C17H18O2.C14H3F9O2.C9H3F7O2.C9H5F2NO2.C8H5F3O2/c4*1-3-13(2)14-9-11-15(12-10-14)17(18)19-16-7-5-4-6-8-16;1-2(24)25-14-12(22)7(17)4(8(18)13(14)23)3-5(15)9(19)11(21)10(20)6(3)16;1-2(17)18-8-6(12)4(10)3(9(14,15)16)5(11)7(8)13;1-5(13)14-6-2-8(10)7(4-12)9(11)3-6;1-4(12)13-5-2-6(9)8(11)7(10)3-5/h4*4-13H,3H2,1-2H3;1H3;1H3;2-3H,1H3;2-3H,1H3. The van der Waals surface area contributed by atoms with Gasteiger partial charge in [-0.1, -0.05) is 177 Å². The lowest BCUT2D eigenvalue weighted by Crippen LogP contribution is -2.17. The zero-order chi connectivity index (χ0) is 109. The van der Waals surface area contributed by atoms with Gasteiger partial charge in [-0.2, -0.15) is 36.0 Å². The van der Waals surface area contributed by atoms with Crippen LogP contribution in [0.25, 0.3) is 11.1 Å². The molecule has 0 radical (unpaired) electrons. The van der Waals surface area contributed by atoms with Crippen molar-refractivity contribution in [3.05, 3.63) is 403 Å². The highest BCUT2D eigenvalue weighted by Crippen LogP contribution is 2.42. The fraction of sp³-hybridized carbons (Fsp3) is 0.194. The maximum atomic E-state index is 13.9. The molecule has 4 atom stereocenters. The van der Waals surface area contributed by atoms with E-state index in [2.05, 4.69) is 74.3 Å². The fourth-order valence-electron chi connectivity index (χ4n) is 12.0. The molecule has 0 amide bonds. The van der Waals surface area contributed by atoms with Crippen LogP contribution in [0.4, 0.5) is 92.2 Å². The number of carbonyl (C=O) groups is 8. The Morgan fingerprint density at radius 2 is 0.466 bits per heavy atom. The van der Waals surface area contributed by atoms with E-state index < -0.39 is 169 Å². The van der Waals surface area contributed by atoms with Gasteiger partial charge in [-0.25, -0.2) is 80.6 Å². The number of nitrogens with zero attached hydrogens (tertiary/aromatic N) is 1. The van der Waals surface area contributed by atoms with Gasteiger partial charge in [0.05, 0.1) is 33.4 Å². The topological polar surface area (TPSA) is 234 Å². The highest BCUT2D eigenvalue weighted by molar-refractivity contribution is 5.93. The Labute approximate surface area is 822 Å². The summed E-state index contributed by atoms with van der Waals surface area (Å²) in [6.07, 6.45) is -1.27. The quantitative estimate of drug-likeness (QED) is 0.0214. The summed E-state index contributed by atoms with van der Waals surface area (Å²) >= 11 is 0. The van der Waals surface area contributed by atoms with Gasteiger partial charge in [0.1, 0.15) is 63.3 Å². The molecule has 0 aromatic heterocycles. The van der Waals surface area contributed by atoms with Crippen molar-refractivity contribution < 1.29 is 168 Å². The third-order valence-corrected chi connectivity index (χ3v) is 20.4. The molecule has 13 rings (SSSR count). The maximum absolute atomic E-state index is 13.9. The van der Waals surface area contributed by atoms with Gasteiger partial charge < -0.3 is 37.9 Å². The van der Waals surface area contributed by atoms with Crippen LogP contribution in [0.15, 0.2) is 243 Å². The molecule has 13 aromatic rings. The summed E-state index contributed by atoms with van der Waals surface area (Å²) < 4.78 is 311. The highest BCUT2D eigenvalue weighted by atomic mass is 19.4. The van der Waals surface area contributed by atoms with Crippen molar-refractivity contribution in [1.29, 1.82) is 5.26 Å². The van der Waals surface area contributed by atoms with Crippen LogP contribution in [-0.2, 0) is 25.4 Å². The van der Waals surface area contributed by atoms with Crippen LogP contribution in [0.2, 0.25) is 0 Å². The van der Waals surface area contributed by atoms with Crippen LogP contribution in [0, 0.1) is 116 Å². The van der Waals surface area contributed by atoms with Gasteiger partial charge in [-0.3, -0.25) is 19.2 Å². The molecule has 0 spiro atoms. The zero-order valence-corrected chi connectivity index (χ0v) is 79.1. The molecule has 0 aliphatic carbocycles. The molecular formula is C108H88F21NO16. The lowest BCUT2D eigenvalue weighted by atomic mass is 9.98. The van der Waals surface area contributed by atoms with E-state index in [0.29, 0.717) is 94.9 Å². The Kier molecular flexibility index (Phi) is 45.8. The van der Waals surface area contributed by atoms with Gasteiger partial charge in [0, 0.05) is 52.0 Å². The number of nitriles is 1. The largest absolute Gasteiger partial charge is 0.427 e. The average molecular weight is 2050 g/mol. The van der Waals surface area contributed by atoms with E-state index in [1.807, 2.05) is 170 Å². The minimum atomic E-state index is -5.63. The molecule has 768 valence electrons. The molecule has 0 aliphatic rings. The van der Waals surface area contributed by atoms with Crippen molar-refractivity contribution in [2.45, 2.75) is 139 Å². The number of hydrogen-bond acceptors (Lipinski definition) is 17. The van der Waals surface area contributed by atoms with E-state index in [1.165, 1.54) is 28.3 Å². The number of benzene rings is 13. The van der Waals surface area contributed by atoms with Crippen molar-refractivity contribution in [2.24, 2.45) is 0 Å². The molecule has 0 aliphatic heterocycles. The van der Waals surface area contributed by atoms with Crippen LogP contribution in [0.1, 0.15) is 207 Å². The van der Waals surface area contributed by atoms with Crippen molar-refractivity contribution in [3.8, 4) is 63.2 Å². The van der Waals surface area contributed by atoms with Crippen LogP contribution in [-0.4, -0.2) is 47.8 Å². The predicted molar refractivity (Wildman–Crippen MR) is 492 cm³/mol. The minimum absolute atomic E-state index is 0.258. The van der Waals surface area contributed by atoms with Crippen LogP contribution in [0.3, 0.4) is 0 Å². The molecule has 38 heteroatoms. The van der Waals surface area contributed by atoms with Crippen molar-refractivity contribution in [2.75, 3.05) is 0 Å². The van der Waals surface area contributed by atoms with Crippen molar-refractivity contribution >= 4 is 47.8 Å². The van der Waals surface area contributed by atoms with Crippen LogP contribution in [0.5, 0.6) is 46.0 Å². The Morgan fingerprint density at radius 1 is 0.260 bits per heavy atom. The number of hydrogen-bond donors (Lipinski definition) is 0. The SMILES string of the molecule is CC(=O)Oc1c(F)c(F)c(-c2c(F)c(F)c(F)c(F)c2F)c(F)c1F.CC(=O)Oc1c(F)c(F)c(C(F)(F)F)c(F)c1F.CC(=O)Oc1cc(F)c(C#N)c(F)c1.CC(=O)Oc1cc(F)c(F)c(F)c1.CCC(C)c1ccc(C(=O)Oc2ccccc2)cc1.CCC(C)c1ccc(C(=O)Oc2ccccc2)cc1.CCC(C)c1ccc(C(=O)Oc2ccccc2)cc1.CCC(C)c1ccc(C(=O)Oc2ccccc2)cc1. The number of para-hydroxylation sites is 4. The molecule has 0 N–H and O–H groups in total. The van der Waals surface area contributed by atoms with Gasteiger partial charge in [-0.05, 0) is 169 Å². The first-order chi connectivity index (χ1) is 68.9. The summed E-state index contributed by atoms with van der Waals surface area (Å²) in [6.45, 7) is 20.8. The second kappa shape index (κ2) is 56.5. The van der Waals surface area contributed by atoms with Crippen molar-refractivity contribution in [3.63, 3.8) is 0 Å². The number of alkyl halides is 3. The highest BCUT2D eigenvalue weighted by Gasteiger charge is 2.43. The summed E-state index contributed by atoms with van der Waals surface area (Å²) in [7, 11) is 0. The van der Waals surface area contributed by atoms with Crippen LogP contribution < -0.4 is 37.9 Å². The Bertz CT molecular complexity index is 6180. The van der Waals surface area contributed by atoms with Crippen LogP contribution >= 0.6 is 0 Å². The summed E-state index contributed by atoms with van der Waals surface area (Å²) in [5, 5.41) is 8.33. The van der Waals surface area contributed by atoms with Gasteiger partial charge in [-0.15, -0.1) is 0 Å². The number of ether oxygens (including phenoxy) is 8. The molecule has 0 saturated carbocycles. The molecule has 0 heterocycles. The lowest BCUT2D eigenvalue weighted by Gasteiger charge is -2.13. The van der Waals surface area contributed by atoms with E-state index >= 15 is 0 Å². The van der Waals surface area contributed by atoms with E-state index in [9.17, 15) is 131 Å². The third kappa shape index (κ3) is 34.5. The molecule has 0 saturated heterocycles. The smallest absolute Gasteiger partial charge is 0.422 e. The molecule has 13 aromatic carbocycles. The predicted octanol–water partition coefficient (Wildman–Crippen LogP) is 29.2. The van der Waals surface area contributed by atoms with Crippen molar-refractivity contribution in [1.82, 2.24) is 0 Å². The normalized spacial score (nSPS) is 11.3. The molecule has 0 bridgehead atoms. The molecule has 146 heavy (non-hydrogen) atoms. The summed E-state index contributed by atoms with van der Waals surface area (Å²) in [4.78, 5) is 89.7. The second-order valence-electron chi connectivity index (χ2n) is 30.8. The average Bonchev–Trinajstić information content (AvgIpc) is 0.743. The summed E-state index contributed by atoms with van der Waals surface area (Å²) in [5.74, 6) is -45.3. The Hall–Kier alpha value is -16.4. The lowest BCUT2D eigenvalue weighted by molar-refractivity contribution is -0.143. The van der Waals surface area contributed by atoms with E-state index in [1.54, 1.807) is 48.5 Å². The van der Waals surface area contributed by atoms with E-state index in [0.717, 1.165) is 51.7 Å². The molecule has 4 unspecified atom stereocenters. The first-order valence-electron chi connectivity index (χ1n) is 43.5. The number of esters is 8. The Balaban J connectivity index is 0.000000257. The van der Waals surface area contributed by atoms with Gasteiger partial charge in [0.25, 0.3) is 0 Å². The van der Waals surface area contributed by atoms with Gasteiger partial charge in [0.15, 0.2) is 64.0 Å². The minimum Gasteiger partial charge on any atom is -0.427 e. The number of carbonyl (C=O) groups excluding carboxylic acids is 8. The van der Waals surface area contributed by atoms with E-state index in [-0.39, 0.29) is 35.4 Å². The number of rotatable bonds is 21. The Morgan fingerprint density at radius 3 is 0.671 bits per heavy atom. The fourth-order valence-corrected chi connectivity index (χ4v) is 12.0. The maximum Gasteiger partial charge on any atom is 0.422 e. The molecule has 0 fully saturated rings. The number of halogens is 21. The molecular weight excluding hydrogens is 1970 g/mol. The van der Waals surface area contributed by atoms with Gasteiger partial charge in [0.2, 0.25) is 40.6 Å². The summed E-state index contributed by atoms with van der Waals surface area (Å²) in [5.41, 5.74) is -0.528. The second-order valence-corrected chi connectivity index (χ2v) is 30.8. The van der Waals surface area contributed by atoms with E-state index in [4.69, 9.17) is 24.2 Å². The third-order valence-electron chi connectivity index (χ3n) is 20.4.